The second kappa shape index (κ2) is 6.65. The quantitative estimate of drug-likeness (QED) is 0.815. The fourth-order valence-electron chi connectivity index (χ4n) is 2.45. The third kappa shape index (κ3) is 3.88. The Morgan fingerprint density at radius 2 is 1.77 bits per heavy atom. The van der Waals surface area contributed by atoms with Gasteiger partial charge in [0.1, 0.15) is 5.75 Å². The van der Waals surface area contributed by atoms with Crippen LogP contribution in [0.3, 0.4) is 0 Å². The summed E-state index contributed by atoms with van der Waals surface area (Å²) in [6.45, 7) is 2.80. The summed E-state index contributed by atoms with van der Waals surface area (Å²) in [7, 11) is 0. The summed E-state index contributed by atoms with van der Waals surface area (Å²) in [4.78, 5) is 14.4. The Hall–Kier alpha value is -2.29. The van der Waals surface area contributed by atoms with E-state index in [-0.39, 0.29) is 12.5 Å². The normalized spacial score (nSPS) is 13.7. The Balaban J connectivity index is 1.59. The number of nitrogens with zero attached hydrogens (tertiary/aromatic N) is 1. The lowest BCUT2D eigenvalue weighted by Gasteiger charge is -2.22. The summed E-state index contributed by atoms with van der Waals surface area (Å²) >= 11 is 0. The zero-order valence-corrected chi connectivity index (χ0v) is 12.9. The van der Waals surface area contributed by atoms with E-state index in [4.69, 9.17) is 4.74 Å². The minimum Gasteiger partial charge on any atom is -0.484 e. The molecule has 0 saturated heterocycles. The number of carbonyl (C=O) groups is 1. The summed E-state index contributed by atoms with van der Waals surface area (Å²) in [5.41, 5.74) is 2.35. The van der Waals surface area contributed by atoms with Crippen LogP contribution in [0.2, 0.25) is 0 Å². The molecule has 1 saturated carbocycles. The molecule has 0 bridgehead atoms. The molecule has 2 aromatic rings. The maximum atomic E-state index is 12.5. The fourth-order valence-corrected chi connectivity index (χ4v) is 2.45. The minimum atomic E-state index is 0.0620. The standard InChI is InChI=1S/C19H21NO2/c1-15-7-11-18(12-8-15)22-14-19(21)20(17-9-10-17)13-16-5-3-2-4-6-16/h2-8,11-12,17H,9-10,13-14H2,1H3. The van der Waals surface area contributed by atoms with Gasteiger partial charge in [0.25, 0.3) is 5.91 Å². The van der Waals surface area contributed by atoms with Gasteiger partial charge in [-0.05, 0) is 37.5 Å². The smallest absolute Gasteiger partial charge is 0.261 e. The molecular weight excluding hydrogens is 274 g/mol. The van der Waals surface area contributed by atoms with E-state index in [1.807, 2.05) is 54.3 Å². The third-order valence-electron chi connectivity index (χ3n) is 3.89. The number of ether oxygens (including phenoxy) is 1. The highest BCUT2D eigenvalue weighted by Gasteiger charge is 2.32. The zero-order valence-electron chi connectivity index (χ0n) is 12.9. The third-order valence-corrected chi connectivity index (χ3v) is 3.89. The van der Waals surface area contributed by atoms with Crippen LogP contribution in [-0.2, 0) is 11.3 Å². The molecule has 0 atom stereocenters. The van der Waals surface area contributed by atoms with Crippen LogP contribution in [0.4, 0.5) is 0 Å². The molecule has 3 heteroatoms. The van der Waals surface area contributed by atoms with Gasteiger partial charge in [0.15, 0.2) is 6.61 Å². The number of rotatable bonds is 6. The molecule has 2 aromatic carbocycles. The molecule has 1 fully saturated rings. The van der Waals surface area contributed by atoms with Crippen molar-refractivity contribution in [2.45, 2.75) is 32.4 Å². The molecule has 0 aromatic heterocycles. The second-order valence-electron chi connectivity index (χ2n) is 5.84. The number of carbonyl (C=O) groups excluding carboxylic acids is 1. The molecule has 22 heavy (non-hydrogen) atoms. The molecule has 0 radical (unpaired) electrons. The van der Waals surface area contributed by atoms with E-state index in [0.29, 0.717) is 12.6 Å². The Morgan fingerprint density at radius 3 is 2.41 bits per heavy atom. The van der Waals surface area contributed by atoms with Gasteiger partial charge in [-0.3, -0.25) is 4.79 Å². The SMILES string of the molecule is Cc1ccc(OCC(=O)N(Cc2ccccc2)C2CC2)cc1. The predicted octanol–water partition coefficient (Wildman–Crippen LogP) is 3.57. The molecule has 0 heterocycles. The van der Waals surface area contributed by atoms with E-state index < -0.39 is 0 Å². The maximum absolute atomic E-state index is 12.5. The molecule has 1 aliphatic rings. The molecule has 0 aliphatic heterocycles. The van der Waals surface area contributed by atoms with Crippen LogP contribution in [0.15, 0.2) is 54.6 Å². The lowest BCUT2D eigenvalue weighted by atomic mass is 10.2. The first-order valence-electron chi connectivity index (χ1n) is 7.75. The van der Waals surface area contributed by atoms with Crippen molar-refractivity contribution in [2.24, 2.45) is 0 Å². The minimum absolute atomic E-state index is 0.0620. The van der Waals surface area contributed by atoms with Gasteiger partial charge >= 0.3 is 0 Å². The van der Waals surface area contributed by atoms with Crippen molar-refractivity contribution in [2.75, 3.05) is 6.61 Å². The van der Waals surface area contributed by atoms with Gasteiger partial charge in [0, 0.05) is 12.6 Å². The van der Waals surface area contributed by atoms with Gasteiger partial charge in [-0.25, -0.2) is 0 Å². The lowest BCUT2D eigenvalue weighted by Crippen LogP contribution is -2.36. The largest absolute Gasteiger partial charge is 0.484 e. The van der Waals surface area contributed by atoms with Crippen LogP contribution in [0.1, 0.15) is 24.0 Å². The fraction of sp³-hybridized carbons (Fsp3) is 0.316. The maximum Gasteiger partial charge on any atom is 0.261 e. The van der Waals surface area contributed by atoms with Crippen molar-refractivity contribution >= 4 is 5.91 Å². The van der Waals surface area contributed by atoms with Crippen LogP contribution in [-0.4, -0.2) is 23.5 Å². The van der Waals surface area contributed by atoms with Gasteiger partial charge in [0.2, 0.25) is 0 Å². The highest BCUT2D eigenvalue weighted by atomic mass is 16.5. The summed E-state index contributed by atoms with van der Waals surface area (Å²) < 4.78 is 5.63. The summed E-state index contributed by atoms with van der Waals surface area (Å²) in [5, 5.41) is 0. The van der Waals surface area contributed by atoms with Gasteiger partial charge in [0.05, 0.1) is 0 Å². The number of hydrogen-bond donors (Lipinski definition) is 0. The number of benzene rings is 2. The van der Waals surface area contributed by atoms with Crippen LogP contribution < -0.4 is 4.74 Å². The summed E-state index contributed by atoms with van der Waals surface area (Å²) in [6, 6.07) is 18.3. The number of amides is 1. The molecular formula is C19H21NO2. The van der Waals surface area contributed by atoms with Crippen molar-refractivity contribution in [1.82, 2.24) is 4.90 Å². The van der Waals surface area contributed by atoms with Crippen molar-refractivity contribution in [3.8, 4) is 5.75 Å². The van der Waals surface area contributed by atoms with Gasteiger partial charge < -0.3 is 9.64 Å². The molecule has 1 aliphatic carbocycles. The Morgan fingerprint density at radius 1 is 1.09 bits per heavy atom. The van der Waals surface area contributed by atoms with Crippen molar-refractivity contribution in [3.63, 3.8) is 0 Å². The van der Waals surface area contributed by atoms with Gasteiger partial charge in [-0.1, -0.05) is 48.0 Å². The Kier molecular flexibility index (Phi) is 4.42. The average molecular weight is 295 g/mol. The van der Waals surface area contributed by atoms with Crippen molar-refractivity contribution in [3.05, 3.63) is 65.7 Å². The molecule has 1 amide bonds. The first-order valence-corrected chi connectivity index (χ1v) is 7.75. The summed E-state index contributed by atoms with van der Waals surface area (Å²) in [6.07, 6.45) is 2.20. The first kappa shape index (κ1) is 14.6. The van der Waals surface area contributed by atoms with E-state index in [2.05, 4.69) is 12.1 Å². The number of aryl methyl sites for hydroxylation is 1. The Labute approximate surface area is 131 Å². The van der Waals surface area contributed by atoms with E-state index >= 15 is 0 Å². The second-order valence-corrected chi connectivity index (χ2v) is 5.84. The molecule has 0 unspecified atom stereocenters. The van der Waals surface area contributed by atoms with E-state index in [0.717, 1.165) is 24.2 Å². The predicted molar refractivity (Wildman–Crippen MR) is 86.7 cm³/mol. The van der Waals surface area contributed by atoms with E-state index in [9.17, 15) is 4.79 Å². The van der Waals surface area contributed by atoms with Crippen molar-refractivity contribution < 1.29 is 9.53 Å². The zero-order chi connectivity index (χ0) is 15.4. The van der Waals surface area contributed by atoms with Crippen LogP contribution >= 0.6 is 0 Å². The van der Waals surface area contributed by atoms with Crippen molar-refractivity contribution in [1.29, 1.82) is 0 Å². The van der Waals surface area contributed by atoms with Crippen LogP contribution in [0.25, 0.3) is 0 Å². The van der Waals surface area contributed by atoms with Crippen LogP contribution in [0.5, 0.6) is 5.75 Å². The van der Waals surface area contributed by atoms with Crippen LogP contribution in [0, 0.1) is 6.92 Å². The number of hydrogen-bond acceptors (Lipinski definition) is 2. The molecule has 0 spiro atoms. The highest BCUT2D eigenvalue weighted by Crippen LogP contribution is 2.28. The first-order chi connectivity index (χ1) is 10.7. The molecule has 3 nitrogen and oxygen atoms in total. The Bertz CT molecular complexity index is 618. The van der Waals surface area contributed by atoms with Gasteiger partial charge in [-0.2, -0.15) is 0 Å². The van der Waals surface area contributed by atoms with Gasteiger partial charge in [-0.15, -0.1) is 0 Å². The monoisotopic (exact) mass is 295 g/mol. The molecule has 0 N–H and O–H groups in total. The molecule has 114 valence electrons. The highest BCUT2D eigenvalue weighted by molar-refractivity contribution is 5.78. The van der Waals surface area contributed by atoms with E-state index in [1.54, 1.807) is 0 Å². The molecule has 3 rings (SSSR count). The topological polar surface area (TPSA) is 29.5 Å². The summed E-state index contributed by atoms with van der Waals surface area (Å²) in [5.74, 6) is 0.807. The average Bonchev–Trinajstić information content (AvgIpc) is 3.37. The van der Waals surface area contributed by atoms with E-state index in [1.165, 1.54) is 5.56 Å². The lowest BCUT2D eigenvalue weighted by molar-refractivity contribution is -0.134.